The monoisotopic (exact) mass is 358 g/mol. The van der Waals surface area contributed by atoms with Crippen molar-refractivity contribution in [3.05, 3.63) is 61.7 Å². The van der Waals surface area contributed by atoms with E-state index < -0.39 is 17.9 Å². The number of nitrogens with one attached hydrogen (secondary N) is 2. The average Bonchev–Trinajstić information content (AvgIpc) is 3.21. The molecular weight excluding hydrogens is 339 g/mol. The van der Waals surface area contributed by atoms with Gasteiger partial charge >= 0.3 is 5.69 Å². The Hall–Kier alpha value is -2.74. The van der Waals surface area contributed by atoms with Gasteiger partial charge in [-0.05, 0) is 42.4 Å². The maximum atomic E-state index is 14.2. The van der Waals surface area contributed by atoms with Crippen molar-refractivity contribution in [3.63, 3.8) is 0 Å². The lowest BCUT2D eigenvalue weighted by molar-refractivity contribution is 0.273. The summed E-state index contributed by atoms with van der Waals surface area (Å²) in [6.45, 7) is 3.31. The van der Waals surface area contributed by atoms with Gasteiger partial charge in [-0.15, -0.1) is 0 Å². The van der Waals surface area contributed by atoms with Gasteiger partial charge in [-0.25, -0.2) is 13.9 Å². The van der Waals surface area contributed by atoms with E-state index in [1.807, 2.05) is 6.07 Å². The third-order valence-electron chi connectivity index (χ3n) is 5.27. The number of fused-ring (bicyclic) bond motifs is 1. The molecule has 26 heavy (non-hydrogen) atoms. The van der Waals surface area contributed by atoms with Crippen molar-refractivity contribution in [2.75, 3.05) is 0 Å². The molecule has 1 aromatic carbocycles. The van der Waals surface area contributed by atoms with Crippen molar-refractivity contribution in [1.82, 2.24) is 19.7 Å². The largest absolute Gasteiger partial charge is 0.390 e. The predicted octanol–water partition coefficient (Wildman–Crippen LogP) is 1.74. The van der Waals surface area contributed by atoms with Gasteiger partial charge in [0.2, 0.25) is 0 Å². The lowest BCUT2D eigenvalue weighted by atomic mass is 9.91. The van der Waals surface area contributed by atoms with Crippen LogP contribution >= 0.6 is 0 Å². The van der Waals surface area contributed by atoms with Crippen LogP contribution in [0, 0.1) is 18.2 Å². The van der Waals surface area contributed by atoms with Gasteiger partial charge in [0.15, 0.2) is 0 Å². The molecule has 7 nitrogen and oxygen atoms in total. The lowest BCUT2D eigenvalue weighted by Crippen LogP contribution is -2.26. The summed E-state index contributed by atoms with van der Waals surface area (Å²) in [4.78, 5) is 28.8. The summed E-state index contributed by atoms with van der Waals surface area (Å²) >= 11 is 0. The molecule has 1 atom stereocenters. The molecule has 0 bridgehead atoms. The molecule has 1 saturated carbocycles. The van der Waals surface area contributed by atoms with Crippen LogP contribution in [0.1, 0.15) is 42.6 Å². The third kappa shape index (κ3) is 2.48. The van der Waals surface area contributed by atoms with E-state index in [0.717, 1.165) is 12.8 Å². The first-order valence-corrected chi connectivity index (χ1v) is 8.44. The van der Waals surface area contributed by atoms with Crippen LogP contribution in [-0.2, 0) is 6.61 Å². The van der Waals surface area contributed by atoms with E-state index >= 15 is 0 Å². The molecule has 0 radical (unpaired) electrons. The number of aryl methyl sites for hydroxylation is 1. The van der Waals surface area contributed by atoms with Crippen LogP contribution in [0.5, 0.6) is 0 Å². The van der Waals surface area contributed by atoms with E-state index in [-0.39, 0.29) is 34.0 Å². The fourth-order valence-corrected chi connectivity index (χ4v) is 3.53. The second kappa shape index (κ2) is 5.63. The second-order valence-electron chi connectivity index (χ2n) is 7.25. The number of rotatable bonds is 4. The number of halogens is 1. The maximum Gasteiger partial charge on any atom is 0.327 e. The summed E-state index contributed by atoms with van der Waals surface area (Å²) in [7, 11) is 0. The Bertz CT molecular complexity index is 1120. The van der Waals surface area contributed by atoms with E-state index in [1.54, 1.807) is 17.7 Å². The van der Waals surface area contributed by atoms with Gasteiger partial charge in [-0.3, -0.25) is 14.8 Å². The van der Waals surface area contributed by atoms with Crippen LogP contribution < -0.4 is 11.2 Å². The summed E-state index contributed by atoms with van der Waals surface area (Å²) < 4.78 is 15.7. The number of hydrogen-bond acceptors (Lipinski definition) is 4. The summed E-state index contributed by atoms with van der Waals surface area (Å²) in [5.41, 5.74) is 0.244. The molecule has 0 spiro atoms. The Balaban J connectivity index is 2.02. The number of aromatic amines is 2. The van der Waals surface area contributed by atoms with Gasteiger partial charge in [0.05, 0.1) is 12.6 Å². The Morgan fingerprint density at radius 3 is 2.69 bits per heavy atom. The minimum Gasteiger partial charge on any atom is -0.390 e. The van der Waals surface area contributed by atoms with E-state index in [2.05, 4.69) is 22.0 Å². The topological polar surface area (TPSA) is 104 Å². The van der Waals surface area contributed by atoms with Gasteiger partial charge < -0.3 is 5.11 Å². The highest BCUT2D eigenvalue weighted by atomic mass is 19.1. The number of aliphatic hydroxyl groups is 1. The molecule has 2 heterocycles. The molecule has 1 unspecified atom stereocenters. The highest BCUT2D eigenvalue weighted by Crippen LogP contribution is 2.56. The third-order valence-corrected chi connectivity index (χ3v) is 5.27. The highest BCUT2D eigenvalue weighted by Gasteiger charge is 2.48. The Labute approximate surface area is 147 Å². The smallest absolute Gasteiger partial charge is 0.327 e. The summed E-state index contributed by atoms with van der Waals surface area (Å²) in [6, 6.07) is 4.65. The average molecular weight is 358 g/mol. The van der Waals surface area contributed by atoms with E-state index in [0.29, 0.717) is 11.1 Å². The number of nitrogens with zero attached hydrogens (tertiary/aromatic N) is 2. The standard InChI is InChI=1S/C18H19FN4O3/c1-9-3-4-10(7-11(9)19)14(18(2)5-6-18)23-15-13(12(8-24)22-23)16(25)21-17(26)20-15/h3-4,7,14,24H,5-6,8H2,1-2H3,(H2,20,21,25,26). The fraction of sp³-hybridized carbons (Fsp3) is 0.389. The summed E-state index contributed by atoms with van der Waals surface area (Å²) in [6.07, 6.45) is 1.83. The molecule has 3 aromatic rings. The molecule has 2 aromatic heterocycles. The van der Waals surface area contributed by atoms with Crippen molar-refractivity contribution >= 4 is 11.0 Å². The molecule has 136 valence electrons. The molecule has 1 fully saturated rings. The van der Waals surface area contributed by atoms with E-state index in [1.165, 1.54) is 6.07 Å². The van der Waals surface area contributed by atoms with E-state index in [9.17, 15) is 19.1 Å². The van der Waals surface area contributed by atoms with Crippen molar-refractivity contribution in [2.24, 2.45) is 5.41 Å². The van der Waals surface area contributed by atoms with E-state index in [4.69, 9.17) is 0 Å². The minimum absolute atomic E-state index is 0.147. The van der Waals surface area contributed by atoms with Gasteiger partial charge in [-0.1, -0.05) is 19.1 Å². The quantitative estimate of drug-likeness (QED) is 0.661. The molecule has 0 saturated heterocycles. The van der Waals surface area contributed by atoms with Crippen LogP contribution in [0.15, 0.2) is 27.8 Å². The number of hydrogen-bond donors (Lipinski definition) is 3. The normalized spacial score (nSPS) is 16.8. The zero-order chi connectivity index (χ0) is 18.6. The predicted molar refractivity (Wildman–Crippen MR) is 93.5 cm³/mol. The molecule has 0 amide bonds. The van der Waals surface area contributed by atoms with Crippen LogP contribution in [0.2, 0.25) is 0 Å². The number of H-pyrrole nitrogens is 2. The van der Waals surface area contributed by atoms with Crippen molar-refractivity contribution in [1.29, 1.82) is 0 Å². The first-order chi connectivity index (χ1) is 12.3. The molecule has 1 aliphatic carbocycles. The van der Waals surface area contributed by atoms with Gasteiger partial charge in [0, 0.05) is 0 Å². The van der Waals surface area contributed by atoms with Crippen LogP contribution in [0.3, 0.4) is 0 Å². The number of benzene rings is 1. The Kier molecular flexibility index (Phi) is 3.62. The lowest BCUT2D eigenvalue weighted by Gasteiger charge is -2.25. The zero-order valence-electron chi connectivity index (χ0n) is 14.5. The van der Waals surface area contributed by atoms with Gasteiger partial charge in [0.25, 0.3) is 5.56 Å². The van der Waals surface area contributed by atoms with Crippen LogP contribution in [0.4, 0.5) is 4.39 Å². The SMILES string of the molecule is Cc1ccc(C(n2nc(CO)c3c(=O)[nH]c(=O)[nH]c32)C2(C)CC2)cc1F. The molecule has 1 aliphatic rings. The zero-order valence-corrected chi connectivity index (χ0v) is 14.5. The van der Waals surface area contributed by atoms with Gasteiger partial charge in [-0.2, -0.15) is 5.10 Å². The summed E-state index contributed by atoms with van der Waals surface area (Å²) in [5.74, 6) is -0.318. The van der Waals surface area contributed by atoms with Crippen molar-refractivity contribution < 1.29 is 9.50 Å². The van der Waals surface area contributed by atoms with Crippen LogP contribution in [0.25, 0.3) is 11.0 Å². The number of aliphatic hydroxyl groups excluding tert-OH is 1. The Morgan fingerprint density at radius 2 is 2.08 bits per heavy atom. The first kappa shape index (κ1) is 16.7. The number of aromatic nitrogens is 4. The van der Waals surface area contributed by atoms with Crippen molar-refractivity contribution in [3.8, 4) is 0 Å². The fourth-order valence-electron chi connectivity index (χ4n) is 3.53. The summed E-state index contributed by atoms with van der Waals surface area (Å²) in [5, 5.41) is 14.2. The molecule has 4 rings (SSSR count). The molecule has 8 heteroatoms. The minimum atomic E-state index is -0.650. The van der Waals surface area contributed by atoms with Crippen LogP contribution in [-0.4, -0.2) is 24.9 Å². The van der Waals surface area contributed by atoms with Gasteiger partial charge in [0.1, 0.15) is 22.5 Å². The first-order valence-electron chi connectivity index (χ1n) is 8.44. The maximum absolute atomic E-state index is 14.2. The highest BCUT2D eigenvalue weighted by molar-refractivity contribution is 5.77. The Morgan fingerprint density at radius 1 is 1.35 bits per heavy atom. The van der Waals surface area contributed by atoms with Crippen molar-refractivity contribution in [2.45, 2.75) is 39.3 Å². The molecule has 0 aliphatic heterocycles. The molecular formula is C18H19FN4O3. The molecule has 3 N–H and O–H groups in total. The second-order valence-corrected chi connectivity index (χ2v) is 7.25.